The predicted molar refractivity (Wildman–Crippen MR) is 137 cm³/mol. The monoisotopic (exact) mass is 492 g/mol. The Labute approximate surface area is 212 Å². The highest BCUT2D eigenvalue weighted by Gasteiger charge is 2.34. The summed E-state index contributed by atoms with van der Waals surface area (Å²) in [5, 5.41) is 4.08. The van der Waals surface area contributed by atoms with Crippen LogP contribution in [0.25, 0.3) is 0 Å². The highest BCUT2D eigenvalue weighted by molar-refractivity contribution is 5.37. The van der Waals surface area contributed by atoms with Crippen molar-refractivity contribution in [3.05, 3.63) is 47.8 Å². The molecule has 3 aromatic heterocycles. The molecule has 0 radical (unpaired) electrons. The third kappa shape index (κ3) is 5.28. The molecule has 0 amide bonds. The minimum absolute atomic E-state index is 0.00571. The summed E-state index contributed by atoms with van der Waals surface area (Å²) in [6.45, 7) is 11.5. The van der Waals surface area contributed by atoms with E-state index in [1.54, 1.807) is 12.4 Å². The van der Waals surface area contributed by atoms with Gasteiger partial charge in [0.25, 0.3) is 0 Å². The zero-order chi connectivity index (χ0) is 25.2. The van der Waals surface area contributed by atoms with Gasteiger partial charge in [0.15, 0.2) is 11.6 Å². The minimum atomic E-state index is -0.00571. The molecule has 36 heavy (non-hydrogen) atoms. The molecule has 5 heterocycles. The van der Waals surface area contributed by atoms with Gasteiger partial charge in [0.1, 0.15) is 0 Å². The molecule has 0 bridgehead atoms. The number of piperidine rings is 1. The van der Waals surface area contributed by atoms with Gasteiger partial charge in [0.2, 0.25) is 5.95 Å². The van der Waals surface area contributed by atoms with Crippen LogP contribution in [0.1, 0.15) is 62.5 Å². The van der Waals surface area contributed by atoms with Crippen LogP contribution in [-0.4, -0.2) is 63.4 Å². The second-order valence-corrected chi connectivity index (χ2v) is 10.4. The fourth-order valence-corrected chi connectivity index (χ4v) is 5.06. The first-order valence-electron chi connectivity index (χ1n) is 12.9. The van der Waals surface area contributed by atoms with Crippen LogP contribution in [-0.2, 0) is 0 Å². The van der Waals surface area contributed by atoms with Crippen molar-refractivity contribution >= 4 is 12.0 Å². The van der Waals surface area contributed by atoms with Crippen LogP contribution in [0.4, 0.5) is 12.0 Å². The van der Waals surface area contributed by atoms with Crippen LogP contribution in [0.5, 0.6) is 5.75 Å². The van der Waals surface area contributed by atoms with Gasteiger partial charge in [0, 0.05) is 55.9 Å². The second-order valence-electron chi connectivity index (χ2n) is 10.4. The number of ether oxygens (including phenoxy) is 1. The van der Waals surface area contributed by atoms with E-state index in [-0.39, 0.29) is 24.0 Å². The van der Waals surface area contributed by atoms with Gasteiger partial charge in [-0.3, -0.25) is 4.98 Å². The molecule has 10 heteroatoms. The smallest absolute Gasteiger partial charge is 0.324 e. The molecule has 2 aliphatic heterocycles. The Morgan fingerprint density at radius 3 is 2.47 bits per heavy atom. The Kier molecular flexibility index (Phi) is 7.04. The summed E-state index contributed by atoms with van der Waals surface area (Å²) in [5.74, 6) is 2.98. The summed E-state index contributed by atoms with van der Waals surface area (Å²) in [6.07, 6.45) is 7.45. The van der Waals surface area contributed by atoms with E-state index in [0.29, 0.717) is 30.2 Å². The molecule has 0 aromatic carbocycles. The van der Waals surface area contributed by atoms with E-state index in [0.717, 1.165) is 44.0 Å². The molecular formula is C26H36N8O2. The molecule has 0 spiro atoms. The van der Waals surface area contributed by atoms with Crippen molar-refractivity contribution in [3.63, 3.8) is 0 Å². The van der Waals surface area contributed by atoms with Gasteiger partial charge in [-0.15, -0.1) is 0 Å². The predicted octanol–water partition coefficient (Wildman–Crippen LogP) is 3.30. The number of nitrogens with zero attached hydrogens (tertiary/aromatic N) is 7. The normalized spacial score (nSPS) is 21.8. The van der Waals surface area contributed by atoms with Gasteiger partial charge in [-0.2, -0.15) is 4.98 Å². The average Bonchev–Trinajstić information content (AvgIpc) is 3.52. The van der Waals surface area contributed by atoms with E-state index in [1.165, 1.54) is 5.56 Å². The molecule has 3 atom stereocenters. The van der Waals surface area contributed by atoms with Gasteiger partial charge in [-0.1, -0.05) is 19.0 Å². The number of hydrogen-bond donors (Lipinski definition) is 1. The Morgan fingerprint density at radius 1 is 1.06 bits per heavy atom. The molecule has 0 aliphatic carbocycles. The number of pyridine rings is 1. The largest absolute Gasteiger partial charge is 0.487 e. The molecule has 3 aromatic rings. The first-order valence-corrected chi connectivity index (χ1v) is 12.9. The Morgan fingerprint density at radius 2 is 1.81 bits per heavy atom. The van der Waals surface area contributed by atoms with Crippen LogP contribution in [0.2, 0.25) is 0 Å². The zero-order valence-corrected chi connectivity index (χ0v) is 21.5. The van der Waals surface area contributed by atoms with Crippen molar-refractivity contribution in [2.75, 3.05) is 36.0 Å². The van der Waals surface area contributed by atoms with Crippen molar-refractivity contribution in [2.24, 2.45) is 11.7 Å². The van der Waals surface area contributed by atoms with Crippen molar-refractivity contribution in [2.45, 2.75) is 64.5 Å². The summed E-state index contributed by atoms with van der Waals surface area (Å²) < 4.78 is 11.7. The van der Waals surface area contributed by atoms with Crippen molar-refractivity contribution in [1.29, 1.82) is 0 Å². The summed E-state index contributed by atoms with van der Waals surface area (Å²) in [7, 11) is 0. The molecule has 0 unspecified atom stereocenters. The lowest BCUT2D eigenvalue weighted by Gasteiger charge is -2.33. The standard InChI is InChI=1S/C26H36N8O2/c1-16(2)24-31-26(36-32-24)33-9-6-19(7-10-33)18(4)35-20-12-29-25(30-13-20)34-14-21(22(27)15-34)23-11-17(3)5-8-28-23/h5,8,11-13,16,18-19,21-22H,6-7,9-10,14-15,27H2,1-4H3/t18-,21-,22-/m0/s1. The molecule has 2 aliphatic rings. The maximum absolute atomic E-state index is 6.45. The topological polar surface area (TPSA) is 119 Å². The van der Waals surface area contributed by atoms with Crippen molar-refractivity contribution in [1.82, 2.24) is 25.1 Å². The van der Waals surface area contributed by atoms with E-state index < -0.39 is 0 Å². The maximum Gasteiger partial charge on any atom is 0.324 e. The average molecular weight is 493 g/mol. The molecular weight excluding hydrogens is 456 g/mol. The highest BCUT2D eigenvalue weighted by atomic mass is 16.5. The van der Waals surface area contributed by atoms with Gasteiger partial charge in [-0.05, 0) is 50.3 Å². The Hall–Kier alpha value is -3.27. The first-order chi connectivity index (χ1) is 17.4. The van der Waals surface area contributed by atoms with Crippen molar-refractivity contribution < 1.29 is 9.26 Å². The van der Waals surface area contributed by atoms with Crippen LogP contribution in [0.15, 0.2) is 35.2 Å². The van der Waals surface area contributed by atoms with E-state index >= 15 is 0 Å². The van der Waals surface area contributed by atoms with E-state index in [4.69, 9.17) is 15.0 Å². The first kappa shape index (κ1) is 24.4. The summed E-state index contributed by atoms with van der Waals surface area (Å²) >= 11 is 0. The van der Waals surface area contributed by atoms with Gasteiger partial charge in [0.05, 0.1) is 18.5 Å². The summed E-state index contributed by atoms with van der Waals surface area (Å²) in [4.78, 5) is 22.5. The molecule has 2 N–H and O–H groups in total. The van der Waals surface area contributed by atoms with Crippen LogP contribution >= 0.6 is 0 Å². The van der Waals surface area contributed by atoms with E-state index in [9.17, 15) is 0 Å². The molecule has 5 rings (SSSR count). The quantitative estimate of drug-likeness (QED) is 0.526. The Bertz CT molecular complexity index is 1140. The van der Waals surface area contributed by atoms with E-state index in [1.807, 2.05) is 12.3 Å². The van der Waals surface area contributed by atoms with Gasteiger partial charge < -0.3 is 24.8 Å². The number of anilines is 2. The highest BCUT2D eigenvalue weighted by Crippen LogP contribution is 2.30. The van der Waals surface area contributed by atoms with Crippen LogP contribution in [0, 0.1) is 12.8 Å². The fraction of sp³-hybridized carbons (Fsp3) is 0.577. The Balaban J connectivity index is 1.13. The number of rotatable bonds is 7. The zero-order valence-electron chi connectivity index (χ0n) is 21.5. The SMILES string of the molecule is Cc1ccnc([C@H]2CN(c3ncc(O[C@@H](C)C4CCN(c5nc(C(C)C)no5)CC4)cn3)C[C@@H]2N)c1. The minimum Gasteiger partial charge on any atom is -0.487 e. The summed E-state index contributed by atoms with van der Waals surface area (Å²) in [6, 6.07) is 4.73. The van der Waals surface area contributed by atoms with Gasteiger partial charge >= 0.3 is 6.01 Å². The molecule has 2 fully saturated rings. The van der Waals surface area contributed by atoms with E-state index in [2.05, 4.69) is 68.7 Å². The maximum atomic E-state index is 6.45. The number of hydrogen-bond acceptors (Lipinski definition) is 10. The lowest BCUT2D eigenvalue weighted by molar-refractivity contribution is 0.131. The van der Waals surface area contributed by atoms with Crippen molar-refractivity contribution in [3.8, 4) is 5.75 Å². The molecule has 2 saturated heterocycles. The number of aryl methyl sites for hydroxylation is 1. The third-order valence-corrected chi connectivity index (χ3v) is 7.32. The third-order valence-electron chi connectivity index (χ3n) is 7.32. The lowest BCUT2D eigenvalue weighted by atomic mass is 9.92. The molecule has 10 nitrogen and oxygen atoms in total. The number of aromatic nitrogens is 5. The van der Waals surface area contributed by atoms with Crippen LogP contribution < -0.4 is 20.3 Å². The molecule has 0 saturated carbocycles. The summed E-state index contributed by atoms with van der Waals surface area (Å²) in [5.41, 5.74) is 8.67. The molecule has 192 valence electrons. The van der Waals surface area contributed by atoms with Gasteiger partial charge in [-0.25, -0.2) is 9.97 Å². The second kappa shape index (κ2) is 10.4. The number of nitrogens with two attached hydrogens (primary N) is 1. The van der Waals surface area contributed by atoms with Crippen LogP contribution in [0.3, 0.4) is 0 Å². The lowest BCUT2D eigenvalue weighted by Crippen LogP contribution is -2.38. The fourth-order valence-electron chi connectivity index (χ4n) is 5.06.